The van der Waals surface area contributed by atoms with Crippen molar-refractivity contribution in [2.75, 3.05) is 6.61 Å². The lowest BCUT2D eigenvalue weighted by molar-refractivity contribution is 0.0972. The Bertz CT molecular complexity index is 655. The molecule has 2 aromatic rings. The van der Waals surface area contributed by atoms with Gasteiger partial charge in [-0.2, -0.15) is 0 Å². The van der Waals surface area contributed by atoms with Gasteiger partial charge in [-0.15, -0.1) is 0 Å². The number of Topliss-reactive ketones (excluding diaryl/α,β-unsaturated/α-hetero) is 1. The van der Waals surface area contributed by atoms with Crippen LogP contribution < -0.4 is 4.74 Å². The van der Waals surface area contributed by atoms with Crippen molar-refractivity contribution in [2.45, 2.75) is 33.1 Å². The Morgan fingerprint density at radius 1 is 1.25 bits per heavy atom. The first-order chi connectivity index (χ1) is 9.70. The average Bonchev–Trinajstić information content (AvgIpc) is 2.77. The summed E-state index contributed by atoms with van der Waals surface area (Å²) in [6.07, 6.45) is 2.59. The van der Waals surface area contributed by atoms with Gasteiger partial charge in [0.1, 0.15) is 5.75 Å². The number of hydrogen-bond donors (Lipinski definition) is 0. The third-order valence-electron chi connectivity index (χ3n) is 3.79. The molecular weight excluding hydrogens is 250 g/mol. The minimum atomic E-state index is 0.272. The zero-order chi connectivity index (χ0) is 14.1. The van der Waals surface area contributed by atoms with Gasteiger partial charge in [0, 0.05) is 35.1 Å². The molecule has 0 unspecified atom stereocenters. The minimum absolute atomic E-state index is 0.272. The first-order valence-electron chi connectivity index (χ1n) is 7.18. The van der Waals surface area contributed by atoms with Crippen LogP contribution >= 0.6 is 0 Å². The van der Waals surface area contributed by atoms with Gasteiger partial charge < -0.3 is 9.30 Å². The van der Waals surface area contributed by atoms with Crippen LogP contribution in [-0.4, -0.2) is 17.0 Å². The van der Waals surface area contributed by atoms with Crippen molar-refractivity contribution in [2.24, 2.45) is 0 Å². The highest BCUT2D eigenvalue weighted by Gasteiger charge is 2.23. The van der Waals surface area contributed by atoms with E-state index < -0.39 is 0 Å². The number of fused-ring (bicyclic) bond motifs is 1. The summed E-state index contributed by atoms with van der Waals surface area (Å²) in [5.41, 5.74) is 4.23. The highest BCUT2D eigenvalue weighted by atomic mass is 16.5. The number of rotatable bonds is 3. The highest BCUT2D eigenvalue weighted by Crippen LogP contribution is 2.29. The molecule has 0 saturated carbocycles. The van der Waals surface area contributed by atoms with Crippen LogP contribution in [0.2, 0.25) is 0 Å². The summed E-state index contributed by atoms with van der Waals surface area (Å²) >= 11 is 0. The Morgan fingerprint density at radius 3 is 2.90 bits per heavy atom. The lowest BCUT2D eigenvalue weighted by atomic mass is 9.96. The van der Waals surface area contributed by atoms with Crippen molar-refractivity contribution in [3.8, 4) is 11.4 Å². The van der Waals surface area contributed by atoms with Crippen molar-refractivity contribution in [3.05, 3.63) is 47.3 Å². The topological polar surface area (TPSA) is 31.2 Å². The monoisotopic (exact) mass is 269 g/mol. The van der Waals surface area contributed by atoms with E-state index in [1.54, 1.807) is 0 Å². The van der Waals surface area contributed by atoms with Crippen LogP contribution in [0.25, 0.3) is 5.69 Å². The Hall–Kier alpha value is -2.03. The van der Waals surface area contributed by atoms with E-state index >= 15 is 0 Å². The van der Waals surface area contributed by atoms with Crippen molar-refractivity contribution < 1.29 is 9.53 Å². The Balaban J connectivity index is 2.10. The van der Waals surface area contributed by atoms with Gasteiger partial charge in [0.2, 0.25) is 0 Å². The van der Waals surface area contributed by atoms with Gasteiger partial charge in [-0.05, 0) is 44.9 Å². The van der Waals surface area contributed by atoms with E-state index in [4.69, 9.17) is 4.74 Å². The summed E-state index contributed by atoms with van der Waals surface area (Å²) in [4.78, 5) is 12.0. The van der Waals surface area contributed by atoms with Gasteiger partial charge >= 0.3 is 0 Å². The van der Waals surface area contributed by atoms with Crippen LogP contribution in [0.4, 0.5) is 0 Å². The summed E-state index contributed by atoms with van der Waals surface area (Å²) in [5, 5.41) is 0. The fraction of sp³-hybridized carbons (Fsp3) is 0.353. The normalized spacial score (nSPS) is 14.2. The molecule has 0 amide bonds. The van der Waals surface area contributed by atoms with E-state index in [1.807, 2.05) is 31.2 Å². The fourth-order valence-corrected chi connectivity index (χ4v) is 2.97. The molecule has 0 bridgehead atoms. The average molecular weight is 269 g/mol. The second kappa shape index (κ2) is 5.16. The Morgan fingerprint density at radius 2 is 2.10 bits per heavy atom. The van der Waals surface area contributed by atoms with Crippen LogP contribution in [0, 0.1) is 6.92 Å². The van der Waals surface area contributed by atoms with Crippen molar-refractivity contribution in [1.29, 1.82) is 0 Å². The van der Waals surface area contributed by atoms with Gasteiger partial charge in [0.25, 0.3) is 0 Å². The molecule has 3 rings (SSSR count). The van der Waals surface area contributed by atoms with Gasteiger partial charge in [-0.3, -0.25) is 4.79 Å². The third kappa shape index (κ3) is 2.13. The number of aryl methyl sites for hydroxylation is 1. The summed E-state index contributed by atoms with van der Waals surface area (Å²) in [6, 6.07) is 10.1. The smallest absolute Gasteiger partial charge is 0.164 e. The molecule has 0 fully saturated rings. The SMILES string of the molecule is CCOc1cccc(-n2c(C)cc3c2CCCC3=O)c1. The van der Waals surface area contributed by atoms with Crippen LogP contribution in [0.5, 0.6) is 5.75 Å². The molecule has 1 aromatic heterocycles. The van der Waals surface area contributed by atoms with Gasteiger partial charge in [0.05, 0.1) is 6.61 Å². The predicted molar refractivity (Wildman–Crippen MR) is 78.9 cm³/mol. The number of aromatic nitrogens is 1. The molecule has 1 aliphatic carbocycles. The standard InChI is InChI=1S/C17H19NO2/c1-3-20-14-7-4-6-13(11-14)18-12(2)10-15-16(18)8-5-9-17(15)19/h4,6-7,10-11H,3,5,8-9H2,1-2H3. The van der Waals surface area contributed by atoms with E-state index in [2.05, 4.69) is 17.6 Å². The molecule has 1 aromatic carbocycles. The van der Waals surface area contributed by atoms with Gasteiger partial charge in [0.15, 0.2) is 5.78 Å². The molecule has 20 heavy (non-hydrogen) atoms. The number of benzene rings is 1. The Kier molecular flexibility index (Phi) is 3.35. The molecule has 0 aliphatic heterocycles. The predicted octanol–water partition coefficient (Wildman–Crippen LogP) is 3.70. The van der Waals surface area contributed by atoms with Crippen LogP contribution in [0.1, 0.15) is 41.5 Å². The van der Waals surface area contributed by atoms with E-state index in [9.17, 15) is 4.79 Å². The van der Waals surface area contributed by atoms with Gasteiger partial charge in [-0.1, -0.05) is 6.07 Å². The number of carbonyl (C=O) groups is 1. The zero-order valence-corrected chi connectivity index (χ0v) is 12.0. The maximum Gasteiger partial charge on any atom is 0.164 e. The lowest BCUT2D eigenvalue weighted by Gasteiger charge is -2.16. The molecule has 3 heteroatoms. The minimum Gasteiger partial charge on any atom is -0.494 e. The number of hydrogen-bond acceptors (Lipinski definition) is 2. The maximum atomic E-state index is 12.0. The first-order valence-corrected chi connectivity index (χ1v) is 7.18. The molecule has 0 atom stereocenters. The van der Waals surface area contributed by atoms with Crippen LogP contribution in [0.15, 0.2) is 30.3 Å². The number of carbonyl (C=O) groups excluding carboxylic acids is 1. The fourth-order valence-electron chi connectivity index (χ4n) is 2.97. The zero-order valence-electron chi connectivity index (χ0n) is 12.0. The van der Waals surface area contributed by atoms with E-state index in [0.29, 0.717) is 13.0 Å². The number of nitrogens with zero attached hydrogens (tertiary/aromatic N) is 1. The Labute approximate surface area is 119 Å². The number of ether oxygens (including phenoxy) is 1. The van der Waals surface area contributed by atoms with Crippen molar-refractivity contribution in [1.82, 2.24) is 4.57 Å². The van der Waals surface area contributed by atoms with Gasteiger partial charge in [-0.25, -0.2) is 0 Å². The molecule has 0 radical (unpaired) electrons. The quantitative estimate of drug-likeness (QED) is 0.850. The lowest BCUT2D eigenvalue weighted by Crippen LogP contribution is -2.12. The summed E-state index contributed by atoms with van der Waals surface area (Å²) in [6.45, 7) is 4.69. The molecule has 1 aliphatic rings. The third-order valence-corrected chi connectivity index (χ3v) is 3.79. The molecule has 0 saturated heterocycles. The van der Waals surface area contributed by atoms with Crippen LogP contribution in [0.3, 0.4) is 0 Å². The maximum absolute atomic E-state index is 12.0. The van der Waals surface area contributed by atoms with Crippen molar-refractivity contribution >= 4 is 5.78 Å². The van der Waals surface area contributed by atoms with E-state index in [-0.39, 0.29) is 5.78 Å². The summed E-state index contributed by atoms with van der Waals surface area (Å²) in [5.74, 6) is 1.14. The second-order valence-corrected chi connectivity index (χ2v) is 5.19. The van der Waals surface area contributed by atoms with Crippen molar-refractivity contribution in [3.63, 3.8) is 0 Å². The number of ketones is 1. The molecule has 3 nitrogen and oxygen atoms in total. The first kappa shape index (κ1) is 13.0. The van der Waals surface area contributed by atoms with E-state index in [0.717, 1.165) is 41.2 Å². The largest absolute Gasteiger partial charge is 0.494 e. The molecule has 104 valence electrons. The summed E-state index contributed by atoms with van der Waals surface area (Å²) < 4.78 is 7.76. The molecular formula is C17H19NO2. The molecule has 0 spiro atoms. The second-order valence-electron chi connectivity index (χ2n) is 5.19. The van der Waals surface area contributed by atoms with Crippen LogP contribution in [-0.2, 0) is 6.42 Å². The van der Waals surface area contributed by atoms with E-state index in [1.165, 1.54) is 0 Å². The molecule has 1 heterocycles. The molecule has 0 N–H and O–H groups in total. The summed E-state index contributed by atoms with van der Waals surface area (Å²) in [7, 11) is 0. The highest BCUT2D eigenvalue weighted by molar-refractivity contribution is 5.98.